The molecule has 1 aromatic heterocycles. The van der Waals surface area contributed by atoms with Crippen molar-refractivity contribution >= 4 is 38.7 Å². The van der Waals surface area contributed by atoms with E-state index in [1.807, 2.05) is 0 Å². The third kappa shape index (κ3) is 3.58. The van der Waals surface area contributed by atoms with Crippen molar-refractivity contribution in [3.8, 4) is 0 Å². The van der Waals surface area contributed by atoms with E-state index >= 15 is 0 Å². The molecule has 0 radical (unpaired) electrons. The maximum Gasteiger partial charge on any atom is 0.245 e. The molecule has 1 amide bonds. The average molecular weight is 411 g/mol. The van der Waals surface area contributed by atoms with Crippen LogP contribution in [0.3, 0.4) is 0 Å². The summed E-state index contributed by atoms with van der Waals surface area (Å²) in [6.45, 7) is 1.36. The predicted octanol–water partition coefficient (Wildman–Crippen LogP) is 1.39. The number of rotatable bonds is 2. The molecule has 27 heavy (non-hydrogen) atoms. The van der Waals surface area contributed by atoms with Gasteiger partial charge in [0.1, 0.15) is 15.9 Å². The number of carbonyl (C=O) groups is 1. The van der Waals surface area contributed by atoms with Crippen LogP contribution in [0.2, 0.25) is 0 Å². The van der Waals surface area contributed by atoms with Crippen LogP contribution >= 0.6 is 11.7 Å². The van der Waals surface area contributed by atoms with E-state index in [2.05, 4.69) is 14.1 Å². The molecule has 2 aromatic rings. The second-order valence-electron chi connectivity index (χ2n) is 6.87. The summed E-state index contributed by atoms with van der Waals surface area (Å²) in [6, 6.07) is 4.63. The van der Waals surface area contributed by atoms with E-state index in [1.165, 1.54) is 4.31 Å². The van der Waals surface area contributed by atoms with E-state index < -0.39 is 10.0 Å². The van der Waals surface area contributed by atoms with Gasteiger partial charge in [-0.3, -0.25) is 4.79 Å². The minimum absolute atomic E-state index is 0.0843. The monoisotopic (exact) mass is 410 g/mol. The highest BCUT2D eigenvalue weighted by molar-refractivity contribution is 7.89. The Hall–Kier alpha value is -1.62. The molecule has 1 aliphatic carbocycles. The van der Waals surface area contributed by atoms with Crippen molar-refractivity contribution in [1.82, 2.24) is 18.4 Å². The van der Waals surface area contributed by atoms with Gasteiger partial charge in [0.2, 0.25) is 15.9 Å². The number of sulfonamides is 1. The number of nitrogens with zero attached hydrogens (tertiary/aromatic N) is 3. The fourth-order valence-corrected chi connectivity index (χ4v) is 6.40. The lowest BCUT2D eigenvalue weighted by Crippen LogP contribution is -2.52. The maximum atomic E-state index is 13.6. The van der Waals surface area contributed by atoms with Gasteiger partial charge >= 0.3 is 0 Å². The van der Waals surface area contributed by atoms with E-state index in [1.54, 1.807) is 18.2 Å². The van der Waals surface area contributed by atoms with Gasteiger partial charge in [-0.15, -0.1) is 0 Å². The van der Waals surface area contributed by atoms with Gasteiger partial charge in [-0.2, -0.15) is 13.1 Å². The summed E-state index contributed by atoms with van der Waals surface area (Å²) >= 11 is 0.995. The van der Waals surface area contributed by atoms with Crippen LogP contribution in [-0.2, 0) is 19.6 Å². The maximum absolute atomic E-state index is 13.6. The molecule has 146 valence electrons. The lowest BCUT2D eigenvalue weighted by molar-refractivity contribution is -0.128. The van der Waals surface area contributed by atoms with E-state index in [4.69, 9.17) is 4.74 Å². The van der Waals surface area contributed by atoms with Gasteiger partial charge in [0, 0.05) is 19.1 Å². The van der Waals surface area contributed by atoms with Crippen LogP contribution in [0.5, 0.6) is 0 Å². The van der Waals surface area contributed by atoms with Gasteiger partial charge in [0.25, 0.3) is 0 Å². The SMILES string of the molecule is O=C1NCCOCCN(S(=O)(=O)c2cccc3nsnc23)[C@@H]2CCCC[C@H]12. The minimum atomic E-state index is -3.84. The van der Waals surface area contributed by atoms with Crippen LogP contribution in [0, 0.1) is 5.92 Å². The first-order valence-electron chi connectivity index (χ1n) is 9.17. The fraction of sp³-hybridized carbons (Fsp3) is 0.588. The molecule has 8 nitrogen and oxygen atoms in total. The predicted molar refractivity (Wildman–Crippen MR) is 101 cm³/mol. The molecule has 2 atom stereocenters. The zero-order valence-electron chi connectivity index (χ0n) is 14.8. The molecule has 1 saturated carbocycles. The van der Waals surface area contributed by atoms with Gasteiger partial charge in [-0.05, 0) is 25.0 Å². The number of ether oxygens (including phenoxy) is 1. The van der Waals surface area contributed by atoms with Gasteiger partial charge in [0.05, 0.1) is 30.9 Å². The Morgan fingerprint density at radius 3 is 2.93 bits per heavy atom. The topological polar surface area (TPSA) is 101 Å². The largest absolute Gasteiger partial charge is 0.378 e. The summed E-state index contributed by atoms with van der Waals surface area (Å²) in [5.74, 6) is -0.418. The molecule has 1 saturated heterocycles. The molecule has 1 N–H and O–H groups in total. The lowest BCUT2D eigenvalue weighted by Gasteiger charge is -2.39. The smallest absolute Gasteiger partial charge is 0.245 e. The average Bonchev–Trinajstić information content (AvgIpc) is 3.15. The zero-order valence-corrected chi connectivity index (χ0v) is 16.5. The molecule has 0 unspecified atom stereocenters. The first-order valence-corrected chi connectivity index (χ1v) is 11.3. The van der Waals surface area contributed by atoms with Crippen molar-refractivity contribution in [3.05, 3.63) is 18.2 Å². The molecular formula is C17H22N4O4S2. The van der Waals surface area contributed by atoms with E-state index in [0.29, 0.717) is 43.6 Å². The van der Waals surface area contributed by atoms with Crippen molar-refractivity contribution < 1.29 is 17.9 Å². The number of aromatic nitrogens is 2. The Kier molecular flexibility index (Phi) is 5.40. The highest BCUT2D eigenvalue weighted by atomic mass is 32.2. The van der Waals surface area contributed by atoms with Crippen LogP contribution in [-0.4, -0.2) is 59.7 Å². The Balaban J connectivity index is 1.77. The van der Waals surface area contributed by atoms with Gasteiger partial charge in [-0.25, -0.2) is 8.42 Å². The third-order valence-corrected chi connectivity index (χ3v) is 7.77. The molecule has 2 fully saturated rings. The van der Waals surface area contributed by atoms with Crippen molar-refractivity contribution in [1.29, 1.82) is 0 Å². The van der Waals surface area contributed by atoms with Crippen LogP contribution in [0.15, 0.2) is 23.1 Å². The standard InChI is InChI=1S/C17H22N4O4S2/c22-17-12-4-1-2-6-14(12)21(9-11-25-10-8-18-17)27(23,24)15-7-3-5-13-16(15)20-26-19-13/h3,5,7,12,14H,1-2,4,6,8-11H2,(H,18,22)/t12-,14+/m0/s1. The van der Waals surface area contributed by atoms with E-state index in [-0.39, 0.29) is 29.3 Å². The summed E-state index contributed by atoms with van der Waals surface area (Å²) in [6.07, 6.45) is 3.21. The molecular weight excluding hydrogens is 388 g/mol. The van der Waals surface area contributed by atoms with Crippen LogP contribution in [0.1, 0.15) is 25.7 Å². The van der Waals surface area contributed by atoms with Crippen molar-refractivity contribution in [3.63, 3.8) is 0 Å². The van der Waals surface area contributed by atoms with E-state index in [0.717, 1.165) is 24.6 Å². The first kappa shape index (κ1) is 18.7. The number of nitrogens with one attached hydrogen (secondary N) is 1. The van der Waals surface area contributed by atoms with Crippen molar-refractivity contribution in [2.45, 2.75) is 36.6 Å². The molecule has 0 bridgehead atoms. The lowest BCUT2D eigenvalue weighted by atomic mass is 9.83. The number of carbonyl (C=O) groups excluding carboxylic acids is 1. The van der Waals surface area contributed by atoms with Crippen LogP contribution in [0.4, 0.5) is 0 Å². The molecule has 4 rings (SSSR count). The Labute approximate surface area is 162 Å². The second-order valence-corrected chi connectivity index (χ2v) is 9.25. The summed E-state index contributed by atoms with van der Waals surface area (Å²) in [7, 11) is -3.84. The highest BCUT2D eigenvalue weighted by Gasteiger charge is 2.41. The normalized spacial score (nSPS) is 25.7. The number of hydrogen-bond acceptors (Lipinski definition) is 7. The summed E-state index contributed by atoms with van der Waals surface area (Å²) in [5, 5.41) is 2.88. The van der Waals surface area contributed by atoms with Crippen LogP contribution < -0.4 is 5.32 Å². The number of hydrogen-bond donors (Lipinski definition) is 1. The van der Waals surface area contributed by atoms with Crippen molar-refractivity contribution in [2.75, 3.05) is 26.3 Å². The van der Waals surface area contributed by atoms with Gasteiger partial charge in [-0.1, -0.05) is 18.9 Å². The Bertz CT molecular complexity index is 930. The summed E-state index contributed by atoms with van der Waals surface area (Å²) in [5.41, 5.74) is 0.952. The molecule has 2 heterocycles. The Morgan fingerprint density at radius 2 is 2.04 bits per heavy atom. The number of benzene rings is 1. The number of amides is 1. The minimum Gasteiger partial charge on any atom is -0.378 e. The molecule has 1 aliphatic heterocycles. The molecule has 2 aliphatic rings. The summed E-state index contributed by atoms with van der Waals surface area (Å²) < 4.78 is 42.5. The third-order valence-electron chi connectivity index (χ3n) is 5.27. The molecule has 1 aromatic carbocycles. The number of fused-ring (bicyclic) bond motifs is 2. The van der Waals surface area contributed by atoms with E-state index in [9.17, 15) is 13.2 Å². The second kappa shape index (κ2) is 7.78. The fourth-order valence-electron chi connectivity index (χ4n) is 3.98. The van der Waals surface area contributed by atoms with Crippen LogP contribution in [0.25, 0.3) is 11.0 Å². The quantitative estimate of drug-likeness (QED) is 0.803. The van der Waals surface area contributed by atoms with Gasteiger partial charge < -0.3 is 10.1 Å². The first-order chi connectivity index (χ1) is 13.1. The highest BCUT2D eigenvalue weighted by Crippen LogP contribution is 2.34. The Morgan fingerprint density at radius 1 is 1.19 bits per heavy atom. The zero-order chi connectivity index (χ0) is 18.9. The molecule has 0 spiro atoms. The van der Waals surface area contributed by atoms with Gasteiger partial charge in [0.15, 0.2) is 0 Å². The summed E-state index contributed by atoms with van der Waals surface area (Å²) in [4.78, 5) is 12.8. The van der Waals surface area contributed by atoms with Crippen molar-refractivity contribution in [2.24, 2.45) is 5.92 Å². The molecule has 10 heteroatoms.